The van der Waals surface area contributed by atoms with Crippen LogP contribution in [-0.4, -0.2) is 6.67 Å². The molecule has 2 aromatic rings. The Bertz CT molecular complexity index is 411. The summed E-state index contributed by atoms with van der Waals surface area (Å²) in [5.41, 5.74) is -0.732. The van der Waals surface area contributed by atoms with Gasteiger partial charge in [-0.05, 0) is 11.1 Å². The van der Waals surface area contributed by atoms with Gasteiger partial charge < -0.3 is 0 Å². The van der Waals surface area contributed by atoms with Crippen LogP contribution in [0.1, 0.15) is 17.5 Å². The Hall–Kier alpha value is -1.70. The van der Waals surface area contributed by atoms with Crippen molar-refractivity contribution in [2.45, 2.75) is 12.1 Å². The molecule has 0 aromatic heterocycles. The van der Waals surface area contributed by atoms with Gasteiger partial charge in [0, 0.05) is 6.42 Å². The third-order valence-electron chi connectivity index (χ3n) is 2.90. The van der Waals surface area contributed by atoms with E-state index in [4.69, 9.17) is 0 Å². The van der Waals surface area contributed by atoms with Crippen molar-refractivity contribution < 1.29 is 8.78 Å². The normalized spacial score (nSPS) is 11.4. The molecular formula is C15H14F2. The van der Waals surface area contributed by atoms with Crippen molar-refractivity contribution in [2.75, 3.05) is 6.67 Å². The van der Waals surface area contributed by atoms with Gasteiger partial charge in [0.1, 0.15) is 0 Å². The van der Waals surface area contributed by atoms with E-state index in [0.717, 1.165) is 0 Å². The minimum atomic E-state index is -1.74. The van der Waals surface area contributed by atoms with Gasteiger partial charge in [0.2, 0.25) is 0 Å². The molecular weight excluding hydrogens is 218 g/mol. The van der Waals surface area contributed by atoms with Crippen molar-refractivity contribution in [3.63, 3.8) is 0 Å². The maximum atomic E-state index is 15.0. The van der Waals surface area contributed by atoms with E-state index < -0.39 is 12.3 Å². The lowest BCUT2D eigenvalue weighted by atomic mass is 9.86. The quantitative estimate of drug-likeness (QED) is 0.738. The summed E-state index contributed by atoms with van der Waals surface area (Å²) in [6.45, 7) is -0.680. The fourth-order valence-electron chi connectivity index (χ4n) is 1.99. The summed E-state index contributed by atoms with van der Waals surface area (Å²) in [4.78, 5) is 0. The van der Waals surface area contributed by atoms with Gasteiger partial charge in [-0.25, -0.2) is 4.39 Å². The van der Waals surface area contributed by atoms with Crippen LogP contribution in [-0.2, 0) is 5.67 Å². The van der Waals surface area contributed by atoms with Crippen LogP contribution < -0.4 is 0 Å². The van der Waals surface area contributed by atoms with Crippen LogP contribution in [0.3, 0.4) is 0 Å². The van der Waals surface area contributed by atoms with Gasteiger partial charge in [0.15, 0.2) is 5.67 Å². The summed E-state index contributed by atoms with van der Waals surface area (Å²) in [5.74, 6) is 0. The van der Waals surface area contributed by atoms with E-state index in [2.05, 4.69) is 0 Å². The van der Waals surface area contributed by atoms with Gasteiger partial charge >= 0.3 is 0 Å². The third kappa shape index (κ3) is 2.36. The molecule has 17 heavy (non-hydrogen) atoms. The molecule has 2 heteroatoms. The van der Waals surface area contributed by atoms with Crippen molar-refractivity contribution in [2.24, 2.45) is 0 Å². The van der Waals surface area contributed by atoms with Gasteiger partial charge in [-0.1, -0.05) is 60.7 Å². The molecule has 0 saturated heterocycles. The van der Waals surface area contributed by atoms with E-state index >= 15 is 4.39 Å². The molecule has 0 aliphatic heterocycles. The summed E-state index contributed by atoms with van der Waals surface area (Å²) < 4.78 is 27.6. The average molecular weight is 232 g/mol. The molecule has 0 radical (unpaired) electrons. The molecule has 0 aliphatic carbocycles. The van der Waals surface area contributed by atoms with Crippen molar-refractivity contribution in [1.29, 1.82) is 0 Å². The Morgan fingerprint density at radius 2 is 1.18 bits per heavy atom. The fraction of sp³-hybridized carbons (Fsp3) is 0.200. The van der Waals surface area contributed by atoms with E-state index in [9.17, 15) is 4.39 Å². The molecule has 0 saturated carbocycles. The third-order valence-corrected chi connectivity index (χ3v) is 2.90. The Morgan fingerprint density at radius 3 is 1.53 bits per heavy atom. The Labute approximate surface area is 99.9 Å². The standard InChI is InChI=1S/C15H14F2/c16-12-11-15(17,13-7-3-1-4-8-13)14-9-5-2-6-10-14/h1-10H,11-12H2. The van der Waals surface area contributed by atoms with Crippen molar-refractivity contribution in [3.05, 3.63) is 71.8 Å². The number of benzene rings is 2. The van der Waals surface area contributed by atoms with E-state index in [1.807, 2.05) is 12.1 Å². The van der Waals surface area contributed by atoms with Crippen molar-refractivity contribution in [3.8, 4) is 0 Å². The SMILES string of the molecule is FCCC(F)(c1ccccc1)c1ccccc1. The van der Waals surface area contributed by atoms with Crippen LogP contribution in [0.2, 0.25) is 0 Å². The Morgan fingerprint density at radius 1 is 0.765 bits per heavy atom. The zero-order valence-electron chi connectivity index (χ0n) is 9.44. The van der Waals surface area contributed by atoms with Crippen molar-refractivity contribution in [1.82, 2.24) is 0 Å². The molecule has 0 amide bonds. The summed E-state index contributed by atoms with van der Waals surface area (Å²) in [6.07, 6.45) is -0.152. The highest BCUT2D eigenvalue weighted by Gasteiger charge is 2.33. The molecule has 2 rings (SSSR count). The molecule has 0 N–H and O–H groups in total. The smallest absolute Gasteiger partial charge is 0.163 e. The lowest BCUT2D eigenvalue weighted by molar-refractivity contribution is 0.187. The topological polar surface area (TPSA) is 0 Å². The van der Waals surface area contributed by atoms with E-state index in [1.54, 1.807) is 48.5 Å². The van der Waals surface area contributed by atoms with E-state index in [0.29, 0.717) is 11.1 Å². The van der Waals surface area contributed by atoms with E-state index in [1.165, 1.54) is 0 Å². The van der Waals surface area contributed by atoms with Crippen LogP contribution >= 0.6 is 0 Å². The number of hydrogen-bond acceptors (Lipinski definition) is 0. The van der Waals surface area contributed by atoms with Crippen LogP contribution in [0.25, 0.3) is 0 Å². The first-order chi connectivity index (χ1) is 8.27. The van der Waals surface area contributed by atoms with Gasteiger partial charge in [-0.15, -0.1) is 0 Å². The van der Waals surface area contributed by atoms with Gasteiger partial charge in [0.25, 0.3) is 0 Å². The maximum Gasteiger partial charge on any atom is 0.163 e. The average Bonchev–Trinajstić information content (AvgIpc) is 2.41. The van der Waals surface area contributed by atoms with E-state index in [-0.39, 0.29) is 6.42 Å². The van der Waals surface area contributed by atoms with Crippen LogP contribution in [0.5, 0.6) is 0 Å². The van der Waals surface area contributed by atoms with Crippen LogP contribution in [0.4, 0.5) is 8.78 Å². The lowest BCUT2D eigenvalue weighted by Gasteiger charge is -2.25. The Balaban J connectivity index is 2.47. The lowest BCUT2D eigenvalue weighted by Crippen LogP contribution is -2.22. The van der Waals surface area contributed by atoms with Gasteiger partial charge in [-0.3, -0.25) is 4.39 Å². The molecule has 0 fully saturated rings. The predicted molar refractivity (Wildman–Crippen MR) is 65.4 cm³/mol. The van der Waals surface area contributed by atoms with Gasteiger partial charge in [0.05, 0.1) is 6.67 Å². The minimum Gasteiger partial charge on any atom is -0.251 e. The number of hydrogen-bond donors (Lipinski definition) is 0. The second-order valence-corrected chi connectivity index (χ2v) is 3.97. The fourth-order valence-corrected chi connectivity index (χ4v) is 1.99. The number of alkyl halides is 2. The first kappa shape index (κ1) is 11.8. The Kier molecular flexibility index (Phi) is 3.52. The molecule has 0 aliphatic rings. The predicted octanol–water partition coefficient (Wildman–Crippen LogP) is 4.26. The zero-order chi connectivity index (χ0) is 12.1. The molecule has 88 valence electrons. The number of rotatable bonds is 4. The highest BCUT2D eigenvalue weighted by atomic mass is 19.1. The molecule has 0 atom stereocenters. The highest BCUT2D eigenvalue weighted by Crippen LogP contribution is 2.37. The molecule has 0 nitrogen and oxygen atoms in total. The molecule has 2 aromatic carbocycles. The first-order valence-corrected chi connectivity index (χ1v) is 5.63. The monoisotopic (exact) mass is 232 g/mol. The molecule has 0 unspecified atom stereocenters. The summed E-state index contributed by atoms with van der Waals surface area (Å²) in [6, 6.07) is 17.5. The second kappa shape index (κ2) is 5.09. The first-order valence-electron chi connectivity index (χ1n) is 5.63. The molecule has 0 spiro atoms. The summed E-state index contributed by atoms with van der Waals surface area (Å²) >= 11 is 0. The second-order valence-electron chi connectivity index (χ2n) is 3.97. The minimum absolute atomic E-state index is 0.152. The number of halogens is 2. The zero-order valence-corrected chi connectivity index (χ0v) is 9.44. The summed E-state index contributed by atoms with van der Waals surface area (Å²) in [5, 5.41) is 0. The van der Waals surface area contributed by atoms with Crippen molar-refractivity contribution >= 4 is 0 Å². The van der Waals surface area contributed by atoms with Crippen LogP contribution in [0.15, 0.2) is 60.7 Å². The molecule has 0 heterocycles. The largest absolute Gasteiger partial charge is 0.251 e. The maximum absolute atomic E-state index is 15.0. The highest BCUT2D eigenvalue weighted by molar-refractivity contribution is 5.35. The van der Waals surface area contributed by atoms with Crippen LogP contribution in [0, 0.1) is 0 Å². The summed E-state index contributed by atoms with van der Waals surface area (Å²) in [7, 11) is 0. The van der Waals surface area contributed by atoms with Gasteiger partial charge in [-0.2, -0.15) is 0 Å². The molecule has 0 bridgehead atoms.